The topological polar surface area (TPSA) is 98.2 Å². The van der Waals surface area contributed by atoms with Gasteiger partial charge in [0.15, 0.2) is 11.5 Å². The Balaban J connectivity index is 1.28. The molecule has 0 unspecified atom stereocenters. The highest BCUT2D eigenvalue weighted by Crippen LogP contribution is 2.27. The summed E-state index contributed by atoms with van der Waals surface area (Å²) in [7, 11) is 1.63. The number of methoxy groups -OCH3 is 1. The summed E-state index contributed by atoms with van der Waals surface area (Å²) in [4.78, 5) is 18.8. The van der Waals surface area contributed by atoms with Gasteiger partial charge in [-0.3, -0.25) is 9.89 Å². The molecule has 0 radical (unpaired) electrons. The number of amides is 1. The number of carbonyl (C=O) groups is 1. The van der Waals surface area contributed by atoms with Crippen LogP contribution in [0.25, 0.3) is 0 Å². The Morgan fingerprint density at radius 2 is 2.06 bits per heavy atom. The summed E-state index contributed by atoms with van der Waals surface area (Å²) >= 11 is 0. The van der Waals surface area contributed by atoms with Crippen LogP contribution in [0.5, 0.6) is 11.5 Å². The minimum atomic E-state index is 0.0662. The van der Waals surface area contributed by atoms with Crippen molar-refractivity contribution < 1.29 is 14.3 Å². The van der Waals surface area contributed by atoms with Crippen molar-refractivity contribution in [2.45, 2.75) is 39.2 Å². The van der Waals surface area contributed by atoms with Crippen LogP contribution in [-0.4, -0.2) is 62.6 Å². The molecule has 31 heavy (non-hydrogen) atoms. The molecule has 4 rings (SSSR count). The van der Waals surface area contributed by atoms with Gasteiger partial charge in [0.1, 0.15) is 18.2 Å². The number of H-pyrrole nitrogens is 1. The Morgan fingerprint density at radius 1 is 1.26 bits per heavy atom. The normalized spacial score (nSPS) is 16.0. The molecule has 1 N–H and O–H groups in total. The molecule has 1 fully saturated rings. The zero-order valence-electron chi connectivity index (χ0n) is 18.2. The van der Waals surface area contributed by atoms with Crippen LogP contribution in [0.4, 0.5) is 0 Å². The van der Waals surface area contributed by atoms with E-state index < -0.39 is 0 Å². The zero-order chi connectivity index (χ0) is 21.8. The van der Waals surface area contributed by atoms with E-state index in [2.05, 4.69) is 26.3 Å². The van der Waals surface area contributed by atoms with E-state index in [0.29, 0.717) is 25.4 Å². The summed E-state index contributed by atoms with van der Waals surface area (Å²) in [5.41, 5.74) is 2.01. The van der Waals surface area contributed by atoms with Gasteiger partial charge in [-0.15, -0.1) is 0 Å². The summed E-state index contributed by atoms with van der Waals surface area (Å²) in [6.07, 6.45) is 1.62. The first-order valence-electron chi connectivity index (χ1n) is 10.5. The van der Waals surface area contributed by atoms with Crippen LogP contribution in [0, 0.1) is 13.8 Å². The SMILES string of the molecule is COc1ccccc1OCCc1cc([C@@H]2CCN(C(=O)Cn3nc(C)nc3C)C2)n[nH]1. The number of benzene rings is 1. The van der Waals surface area contributed by atoms with E-state index in [1.54, 1.807) is 11.8 Å². The molecule has 1 saturated heterocycles. The molecule has 3 aromatic rings. The van der Waals surface area contributed by atoms with Crippen LogP contribution in [-0.2, 0) is 17.8 Å². The van der Waals surface area contributed by atoms with Gasteiger partial charge >= 0.3 is 0 Å². The number of nitrogens with zero attached hydrogens (tertiary/aromatic N) is 5. The fraction of sp³-hybridized carbons (Fsp3) is 0.455. The lowest BCUT2D eigenvalue weighted by atomic mass is 10.0. The standard InChI is InChI=1S/C22H28N6O3/c1-15-23-16(2)28(26-15)14-22(29)27-10-8-17(13-27)19-12-18(24-25-19)9-11-31-21-7-5-4-6-20(21)30-3/h4-7,12,17H,8-11,13-14H2,1-3H3,(H,24,25)/t17-/m1/s1. The van der Waals surface area contributed by atoms with E-state index in [1.807, 2.05) is 43.0 Å². The van der Waals surface area contributed by atoms with Gasteiger partial charge in [-0.1, -0.05) is 12.1 Å². The van der Waals surface area contributed by atoms with E-state index in [1.165, 1.54) is 0 Å². The van der Waals surface area contributed by atoms with Crippen LogP contribution < -0.4 is 9.47 Å². The van der Waals surface area contributed by atoms with Gasteiger partial charge in [0.2, 0.25) is 5.91 Å². The van der Waals surface area contributed by atoms with Crippen molar-refractivity contribution in [1.29, 1.82) is 0 Å². The Labute approximate surface area is 181 Å². The summed E-state index contributed by atoms with van der Waals surface area (Å²) in [6, 6.07) is 9.68. The number of aryl methyl sites for hydroxylation is 2. The smallest absolute Gasteiger partial charge is 0.244 e. The second kappa shape index (κ2) is 9.20. The quantitative estimate of drug-likeness (QED) is 0.596. The molecule has 164 valence electrons. The van der Waals surface area contributed by atoms with Crippen molar-refractivity contribution in [1.82, 2.24) is 29.9 Å². The number of ether oxygens (including phenoxy) is 2. The van der Waals surface area contributed by atoms with Crippen molar-refractivity contribution in [2.24, 2.45) is 0 Å². The third-order valence-corrected chi connectivity index (χ3v) is 5.56. The second-order valence-corrected chi connectivity index (χ2v) is 7.76. The Hall–Kier alpha value is -3.36. The van der Waals surface area contributed by atoms with Crippen molar-refractivity contribution >= 4 is 5.91 Å². The maximum absolute atomic E-state index is 12.7. The van der Waals surface area contributed by atoms with E-state index in [0.717, 1.165) is 41.7 Å². The molecule has 9 nitrogen and oxygen atoms in total. The predicted octanol–water partition coefficient (Wildman–Crippen LogP) is 2.26. The predicted molar refractivity (Wildman–Crippen MR) is 114 cm³/mol. The maximum atomic E-state index is 12.7. The number of hydrogen-bond acceptors (Lipinski definition) is 6. The van der Waals surface area contributed by atoms with E-state index >= 15 is 0 Å². The minimum absolute atomic E-state index is 0.0662. The van der Waals surface area contributed by atoms with E-state index in [4.69, 9.17) is 9.47 Å². The van der Waals surface area contributed by atoms with Gasteiger partial charge in [0, 0.05) is 31.1 Å². The van der Waals surface area contributed by atoms with Gasteiger partial charge < -0.3 is 14.4 Å². The van der Waals surface area contributed by atoms with Gasteiger partial charge in [0.05, 0.1) is 19.4 Å². The largest absolute Gasteiger partial charge is 0.493 e. The van der Waals surface area contributed by atoms with Gasteiger partial charge in [0.25, 0.3) is 0 Å². The molecule has 2 aromatic heterocycles. The summed E-state index contributed by atoms with van der Waals surface area (Å²) in [5.74, 6) is 3.20. The second-order valence-electron chi connectivity index (χ2n) is 7.76. The first-order valence-corrected chi connectivity index (χ1v) is 10.5. The highest BCUT2D eigenvalue weighted by Gasteiger charge is 2.29. The maximum Gasteiger partial charge on any atom is 0.244 e. The van der Waals surface area contributed by atoms with Crippen molar-refractivity contribution in [2.75, 3.05) is 26.8 Å². The lowest BCUT2D eigenvalue weighted by Gasteiger charge is -2.16. The van der Waals surface area contributed by atoms with E-state index in [-0.39, 0.29) is 18.4 Å². The average molecular weight is 425 g/mol. The third-order valence-electron chi connectivity index (χ3n) is 5.56. The van der Waals surface area contributed by atoms with Crippen LogP contribution in [0.3, 0.4) is 0 Å². The van der Waals surface area contributed by atoms with E-state index in [9.17, 15) is 4.79 Å². The first kappa shape index (κ1) is 20.9. The first-order chi connectivity index (χ1) is 15.0. The molecule has 0 saturated carbocycles. The van der Waals surface area contributed by atoms with Gasteiger partial charge in [-0.25, -0.2) is 9.67 Å². The average Bonchev–Trinajstić information content (AvgIpc) is 3.49. The van der Waals surface area contributed by atoms with Gasteiger partial charge in [-0.05, 0) is 38.5 Å². The molecule has 0 spiro atoms. The lowest BCUT2D eigenvalue weighted by Crippen LogP contribution is -2.32. The number of aromatic amines is 1. The highest BCUT2D eigenvalue weighted by molar-refractivity contribution is 5.76. The fourth-order valence-electron chi connectivity index (χ4n) is 3.89. The van der Waals surface area contributed by atoms with Crippen LogP contribution in [0.15, 0.2) is 30.3 Å². The summed E-state index contributed by atoms with van der Waals surface area (Å²) in [5, 5.41) is 11.9. The summed E-state index contributed by atoms with van der Waals surface area (Å²) < 4.78 is 12.8. The number of hydrogen-bond donors (Lipinski definition) is 1. The van der Waals surface area contributed by atoms with Crippen molar-refractivity contribution in [3.8, 4) is 11.5 Å². The molecule has 1 atom stereocenters. The highest BCUT2D eigenvalue weighted by atomic mass is 16.5. The molecule has 1 aromatic carbocycles. The minimum Gasteiger partial charge on any atom is -0.493 e. The van der Waals surface area contributed by atoms with Crippen molar-refractivity contribution in [3.05, 3.63) is 53.4 Å². The Morgan fingerprint density at radius 3 is 2.81 bits per heavy atom. The van der Waals surface area contributed by atoms with Crippen LogP contribution in [0.1, 0.15) is 35.4 Å². The van der Waals surface area contributed by atoms with Crippen LogP contribution in [0.2, 0.25) is 0 Å². The molecule has 1 aliphatic rings. The monoisotopic (exact) mass is 424 g/mol. The number of nitrogens with one attached hydrogen (secondary N) is 1. The number of carbonyl (C=O) groups excluding carboxylic acids is 1. The van der Waals surface area contributed by atoms with Gasteiger partial charge in [-0.2, -0.15) is 10.2 Å². The molecule has 3 heterocycles. The number of para-hydroxylation sites is 2. The Kier molecular flexibility index (Phi) is 6.20. The molecule has 9 heteroatoms. The molecule has 1 aliphatic heterocycles. The molecule has 0 aliphatic carbocycles. The zero-order valence-corrected chi connectivity index (χ0v) is 18.2. The third kappa shape index (κ3) is 4.87. The molecule has 1 amide bonds. The molecule has 0 bridgehead atoms. The fourth-order valence-corrected chi connectivity index (χ4v) is 3.89. The lowest BCUT2D eigenvalue weighted by molar-refractivity contribution is -0.131. The van der Waals surface area contributed by atoms with Crippen LogP contribution >= 0.6 is 0 Å². The Bertz CT molecular complexity index is 1040. The number of likely N-dealkylation sites (tertiary alicyclic amines) is 1. The number of aromatic nitrogens is 5. The van der Waals surface area contributed by atoms with Crippen molar-refractivity contribution in [3.63, 3.8) is 0 Å². The summed E-state index contributed by atoms with van der Waals surface area (Å²) in [6.45, 7) is 5.85. The number of rotatable bonds is 8. The molecular weight excluding hydrogens is 396 g/mol. The molecular formula is C22H28N6O3.